The predicted octanol–water partition coefficient (Wildman–Crippen LogP) is 2.04. The molecule has 0 atom stereocenters. The van der Waals surface area contributed by atoms with Gasteiger partial charge in [0.05, 0.1) is 23.2 Å². The topological polar surface area (TPSA) is 91.0 Å². The molecule has 0 saturated heterocycles. The standard InChI is InChI=1S/C12H8N4O3S/c1-18-12(17)10-11(20-16-14-10)7-6-19-15-9(7)8-4-2-3-5-13-8/h2-6H,1H3. The zero-order valence-corrected chi connectivity index (χ0v) is 11.1. The lowest BCUT2D eigenvalue weighted by molar-refractivity contribution is 0.0595. The van der Waals surface area contributed by atoms with Crippen LogP contribution in [0, 0.1) is 0 Å². The Bertz CT molecular complexity index is 738. The summed E-state index contributed by atoms with van der Waals surface area (Å²) in [5, 5.41) is 7.71. The maximum Gasteiger partial charge on any atom is 0.360 e. The number of aromatic nitrogens is 4. The van der Waals surface area contributed by atoms with Crippen LogP contribution in [0.3, 0.4) is 0 Å². The molecule has 100 valence electrons. The monoisotopic (exact) mass is 288 g/mol. The summed E-state index contributed by atoms with van der Waals surface area (Å²) in [4.78, 5) is 16.4. The van der Waals surface area contributed by atoms with Gasteiger partial charge in [0.1, 0.15) is 12.0 Å². The molecule has 8 heteroatoms. The molecule has 0 radical (unpaired) electrons. The number of hydrogen-bond donors (Lipinski definition) is 0. The number of esters is 1. The molecule has 0 saturated carbocycles. The Balaban J connectivity index is 2.12. The summed E-state index contributed by atoms with van der Waals surface area (Å²) in [5.74, 6) is -0.554. The molecule has 0 aliphatic rings. The van der Waals surface area contributed by atoms with Crippen molar-refractivity contribution in [1.29, 1.82) is 0 Å². The van der Waals surface area contributed by atoms with Gasteiger partial charge in [0, 0.05) is 6.20 Å². The summed E-state index contributed by atoms with van der Waals surface area (Å²) in [7, 11) is 1.29. The lowest BCUT2D eigenvalue weighted by Crippen LogP contribution is -2.03. The summed E-state index contributed by atoms with van der Waals surface area (Å²) in [5.41, 5.74) is 1.92. The highest BCUT2D eigenvalue weighted by Gasteiger charge is 2.23. The summed E-state index contributed by atoms with van der Waals surface area (Å²) in [6.45, 7) is 0. The summed E-state index contributed by atoms with van der Waals surface area (Å²) in [6.07, 6.45) is 3.09. The van der Waals surface area contributed by atoms with Gasteiger partial charge in [-0.2, -0.15) is 0 Å². The molecule has 0 unspecified atom stereocenters. The minimum Gasteiger partial charge on any atom is -0.464 e. The van der Waals surface area contributed by atoms with Crippen molar-refractivity contribution in [3.8, 4) is 21.8 Å². The van der Waals surface area contributed by atoms with Gasteiger partial charge < -0.3 is 9.26 Å². The molecule has 0 N–H and O–H groups in total. The van der Waals surface area contributed by atoms with E-state index >= 15 is 0 Å². The number of carbonyl (C=O) groups is 1. The van der Waals surface area contributed by atoms with E-state index in [9.17, 15) is 4.79 Å². The van der Waals surface area contributed by atoms with Gasteiger partial charge in [-0.15, -0.1) is 5.10 Å². The number of pyridine rings is 1. The Kier molecular flexibility index (Phi) is 3.21. The molecule has 0 aliphatic carbocycles. The molecular formula is C12H8N4O3S. The van der Waals surface area contributed by atoms with Crippen molar-refractivity contribution in [2.24, 2.45) is 0 Å². The van der Waals surface area contributed by atoms with Gasteiger partial charge in [-0.25, -0.2) is 4.79 Å². The SMILES string of the molecule is COC(=O)c1nnsc1-c1conc1-c1ccccn1. The van der Waals surface area contributed by atoms with Crippen molar-refractivity contribution in [1.82, 2.24) is 19.7 Å². The second kappa shape index (κ2) is 5.17. The number of hydrogen-bond acceptors (Lipinski definition) is 8. The van der Waals surface area contributed by atoms with Crippen molar-refractivity contribution in [3.63, 3.8) is 0 Å². The Hall–Kier alpha value is -2.61. The third kappa shape index (κ3) is 2.05. The van der Waals surface area contributed by atoms with Crippen LogP contribution in [-0.4, -0.2) is 32.8 Å². The molecule has 20 heavy (non-hydrogen) atoms. The highest BCUT2D eigenvalue weighted by Crippen LogP contribution is 2.33. The second-order valence-corrected chi connectivity index (χ2v) is 4.49. The van der Waals surface area contributed by atoms with Crippen molar-refractivity contribution >= 4 is 17.5 Å². The maximum absolute atomic E-state index is 11.7. The molecule has 0 bridgehead atoms. The van der Waals surface area contributed by atoms with Crippen LogP contribution in [0.25, 0.3) is 21.8 Å². The molecule has 3 rings (SSSR count). The largest absolute Gasteiger partial charge is 0.464 e. The zero-order chi connectivity index (χ0) is 13.9. The second-order valence-electron chi connectivity index (χ2n) is 3.73. The van der Waals surface area contributed by atoms with E-state index in [0.717, 1.165) is 11.5 Å². The van der Waals surface area contributed by atoms with Crippen LogP contribution >= 0.6 is 11.5 Å². The van der Waals surface area contributed by atoms with Crippen LogP contribution in [0.1, 0.15) is 10.5 Å². The van der Waals surface area contributed by atoms with Gasteiger partial charge in [0.15, 0.2) is 5.69 Å². The first-order chi connectivity index (χ1) is 9.81. The zero-order valence-electron chi connectivity index (χ0n) is 10.3. The number of nitrogens with zero attached hydrogens (tertiary/aromatic N) is 4. The Morgan fingerprint density at radius 3 is 3.05 bits per heavy atom. The molecule has 0 spiro atoms. The normalized spacial score (nSPS) is 10.4. The Morgan fingerprint density at radius 2 is 2.30 bits per heavy atom. The van der Waals surface area contributed by atoms with Gasteiger partial charge >= 0.3 is 5.97 Å². The third-order valence-corrected chi connectivity index (χ3v) is 3.35. The highest BCUT2D eigenvalue weighted by atomic mass is 32.1. The lowest BCUT2D eigenvalue weighted by atomic mass is 10.1. The minimum absolute atomic E-state index is 0.137. The van der Waals surface area contributed by atoms with Crippen LogP contribution in [0.5, 0.6) is 0 Å². The fourth-order valence-corrected chi connectivity index (χ4v) is 2.34. The molecule has 0 aromatic carbocycles. The minimum atomic E-state index is -0.554. The van der Waals surface area contributed by atoms with Gasteiger partial charge in [-0.3, -0.25) is 4.98 Å². The number of methoxy groups -OCH3 is 1. The first-order valence-electron chi connectivity index (χ1n) is 5.58. The van der Waals surface area contributed by atoms with Gasteiger partial charge in [0.2, 0.25) is 0 Å². The first-order valence-corrected chi connectivity index (χ1v) is 6.35. The fraction of sp³-hybridized carbons (Fsp3) is 0.0833. The van der Waals surface area contributed by atoms with Crippen molar-refractivity contribution in [3.05, 3.63) is 36.4 Å². The predicted molar refractivity (Wildman–Crippen MR) is 70.0 cm³/mol. The number of rotatable bonds is 3. The summed E-state index contributed by atoms with van der Waals surface area (Å²) < 4.78 is 13.5. The maximum atomic E-state index is 11.7. The molecule has 7 nitrogen and oxygen atoms in total. The van der Waals surface area contributed by atoms with Gasteiger partial charge in [0.25, 0.3) is 0 Å². The number of carbonyl (C=O) groups excluding carboxylic acids is 1. The van der Waals surface area contributed by atoms with Crippen LogP contribution in [-0.2, 0) is 4.74 Å². The smallest absolute Gasteiger partial charge is 0.360 e. The molecule has 0 fully saturated rings. The Morgan fingerprint density at radius 1 is 1.40 bits per heavy atom. The lowest BCUT2D eigenvalue weighted by Gasteiger charge is -1.99. The van der Waals surface area contributed by atoms with E-state index < -0.39 is 5.97 Å². The molecule has 3 aromatic rings. The van der Waals surface area contributed by atoms with Gasteiger partial charge in [-0.05, 0) is 23.7 Å². The molecule has 0 aliphatic heterocycles. The highest BCUT2D eigenvalue weighted by molar-refractivity contribution is 7.09. The molecule has 3 aromatic heterocycles. The van der Waals surface area contributed by atoms with Crippen LogP contribution in [0.15, 0.2) is 35.2 Å². The summed E-state index contributed by atoms with van der Waals surface area (Å²) in [6, 6.07) is 5.44. The average Bonchev–Trinajstić information content (AvgIpc) is 3.15. The van der Waals surface area contributed by atoms with E-state index in [1.807, 2.05) is 6.07 Å². The number of ether oxygens (including phenoxy) is 1. The molecular weight excluding hydrogens is 280 g/mol. The van der Waals surface area contributed by atoms with Crippen LogP contribution in [0.4, 0.5) is 0 Å². The fourth-order valence-electron chi connectivity index (χ4n) is 1.68. The van der Waals surface area contributed by atoms with E-state index in [1.54, 1.807) is 18.3 Å². The van der Waals surface area contributed by atoms with E-state index in [-0.39, 0.29) is 5.69 Å². The molecule has 0 amide bonds. The van der Waals surface area contributed by atoms with Gasteiger partial charge in [-0.1, -0.05) is 15.7 Å². The van der Waals surface area contributed by atoms with E-state index in [2.05, 4.69) is 24.5 Å². The average molecular weight is 288 g/mol. The van der Waals surface area contributed by atoms with E-state index in [0.29, 0.717) is 21.8 Å². The Labute approximate surface area is 117 Å². The quantitative estimate of drug-likeness (QED) is 0.681. The van der Waals surface area contributed by atoms with Crippen LogP contribution < -0.4 is 0 Å². The van der Waals surface area contributed by atoms with E-state index in [1.165, 1.54) is 13.4 Å². The van der Waals surface area contributed by atoms with Crippen molar-refractivity contribution < 1.29 is 14.1 Å². The molecule has 3 heterocycles. The van der Waals surface area contributed by atoms with Crippen LogP contribution in [0.2, 0.25) is 0 Å². The van der Waals surface area contributed by atoms with E-state index in [4.69, 9.17) is 4.52 Å². The summed E-state index contributed by atoms with van der Waals surface area (Å²) >= 11 is 1.07. The van der Waals surface area contributed by atoms with Crippen molar-refractivity contribution in [2.75, 3.05) is 7.11 Å². The van der Waals surface area contributed by atoms with Crippen molar-refractivity contribution in [2.45, 2.75) is 0 Å². The first kappa shape index (κ1) is 12.4. The third-order valence-electron chi connectivity index (χ3n) is 2.59.